The highest BCUT2D eigenvalue weighted by molar-refractivity contribution is 7.92. The molecule has 0 aliphatic heterocycles. The lowest BCUT2D eigenvalue weighted by Crippen LogP contribution is -2.40. The SMILES string of the molecule is Cc1ccc(N(CC(=O)NCc2ccc(-n3ccnc3)cc2)S(C)(=O)=O)c(C)c1. The summed E-state index contributed by atoms with van der Waals surface area (Å²) in [6.07, 6.45) is 6.37. The quantitative estimate of drug-likeness (QED) is 0.646. The Morgan fingerprint density at radius 1 is 1.14 bits per heavy atom. The van der Waals surface area contributed by atoms with Gasteiger partial charge in [0.25, 0.3) is 0 Å². The summed E-state index contributed by atoms with van der Waals surface area (Å²) in [6, 6.07) is 13.1. The van der Waals surface area contributed by atoms with E-state index >= 15 is 0 Å². The maximum atomic E-state index is 12.4. The van der Waals surface area contributed by atoms with E-state index in [1.54, 1.807) is 18.6 Å². The molecule has 3 rings (SSSR count). The third kappa shape index (κ3) is 5.23. The van der Waals surface area contributed by atoms with Crippen LogP contribution in [0.3, 0.4) is 0 Å². The Labute approximate surface area is 171 Å². The zero-order chi connectivity index (χ0) is 21.0. The summed E-state index contributed by atoms with van der Waals surface area (Å²) in [5.41, 5.74) is 4.23. The van der Waals surface area contributed by atoms with Crippen molar-refractivity contribution in [3.05, 3.63) is 77.9 Å². The Balaban J connectivity index is 1.66. The molecule has 8 heteroatoms. The second-order valence-corrected chi connectivity index (χ2v) is 8.88. The fraction of sp³-hybridized carbons (Fsp3) is 0.238. The number of amides is 1. The number of anilines is 1. The van der Waals surface area contributed by atoms with Gasteiger partial charge in [-0.1, -0.05) is 29.8 Å². The second kappa shape index (κ2) is 8.48. The van der Waals surface area contributed by atoms with Gasteiger partial charge in [0.05, 0.1) is 18.3 Å². The van der Waals surface area contributed by atoms with Gasteiger partial charge >= 0.3 is 0 Å². The molecule has 0 aliphatic carbocycles. The average molecular weight is 413 g/mol. The summed E-state index contributed by atoms with van der Waals surface area (Å²) in [5, 5.41) is 2.79. The molecule has 29 heavy (non-hydrogen) atoms. The van der Waals surface area contributed by atoms with Crippen LogP contribution in [-0.2, 0) is 21.4 Å². The van der Waals surface area contributed by atoms with E-state index in [1.807, 2.05) is 61.0 Å². The molecule has 2 aromatic carbocycles. The van der Waals surface area contributed by atoms with E-state index in [-0.39, 0.29) is 12.5 Å². The van der Waals surface area contributed by atoms with Gasteiger partial charge in [0.2, 0.25) is 15.9 Å². The van der Waals surface area contributed by atoms with Crippen LogP contribution >= 0.6 is 0 Å². The van der Waals surface area contributed by atoms with Crippen molar-refractivity contribution in [2.45, 2.75) is 20.4 Å². The van der Waals surface area contributed by atoms with Crippen LogP contribution in [0.25, 0.3) is 5.69 Å². The molecular formula is C21H24N4O3S. The molecule has 1 aromatic heterocycles. The number of aromatic nitrogens is 2. The smallest absolute Gasteiger partial charge is 0.241 e. The molecule has 1 amide bonds. The number of carbonyl (C=O) groups is 1. The largest absolute Gasteiger partial charge is 0.350 e. The fourth-order valence-corrected chi connectivity index (χ4v) is 3.96. The molecule has 3 aromatic rings. The van der Waals surface area contributed by atoms with Gasteiger partial charge in [-0.25, -0.2) is 13.4 Å². The third-order valence-electron chi connectivity index (χ3n) is 4.54. The van der Waals surface area contributed by atoms with Crippen molar-refractivity contribution in [2.75, 3.05) is 17.1 Å². The van der Waals surface area contributed by atoms with Crippen LogP contribution in [0.15, 0.2) is 61.2 Å². The molecular weight excluding hydrogens is 388 g/mol. The number of hydrogen-bond donors (Lipinski definition) is 1. The normalized spacial score (nSPS) is 11.3. The van der Waals surface area contributed by atoms with Gasteiger partial charge in [-0.15, -0.1) is 0 Å². The van der Waals surface area contributed by atoms with Gasteiger partial charge in [-0.3, -0.25) is 9.10 Å². The van der Waals surface area contributed by atoms with Gasteiger partial charge in [0.15, 0.2) is 0 Å². The first-order valence-corrected chi connectivity index (χ1v) is 11.0. The van der Waals surface area contributed by atoms with Crippen LogP contribution < -0.4 is 9.62 Å². The number of imidazole rings is 1. The number of rotatable bonds is 7. The lowest BCUT2D eigenvalue weighted by molar-refractivity contribution is -0.119. The van der Waals surface area contributed by atoms with Crippen LogP contribution in [0.5, 0.6) is 0 Å². The number of hydrogen-bond acceptors (Lipinski definition) is 4. The lowest BCUT2D eigenvalue weighted by Gasteiger charge is -2.24. The van der Waals surface area contributed by atoms with Crippen LogP contribution in [0.1, 0.15) is 16.7 Å². The number of carbonyl (C=O) groups excluding carboxylic acids is 1. The number of benzene rings is 2. The molecule has 152 valence electrons. The summed E-state index contributed by atoms with van der Waals surface area (Å²) in [5.74, 6) is -0.367. The van der Waals surface area contributed by atoms with Gasteiger partial charge in [0, 0.05) is 24.6 Å². The van der Waals surface area contributed by atoms with Crippen molar-refractivity contribution in [1.29, 1.82) is 0 Å². The molecule has 1 N–H and O–H groups in total. The molecule has 0 unspecified atom stereocenters. The molecule has 7 nitrogen and oxygen atoms in total. The standard InChI is InChI=1S/C21H24N4O3S/c1-16-4-9-20(17(2)12-16)25(29(3,27)28)14-21(26)23-13-18-5-7-19(8-6-18)24-11-10-22-15-24/h4-12,15H,13-14H2,1-3H3,(H,23,26). The number of aryl methyl sites for hydroxylation is 2. The number of sulfonamides is 1. The molecule has 0 saturated carbocycles. The summed E-state index contributed by atoms with van der Waals surface area (Å²) in [6.45, 7) is 3.82. The summed E-state index contributed by atoms with van der Waals surface area (Å²) in [4.78, 5) is 16.5. The topological polar surface area (TPSA) is 84.3 Å². The minimum Gasteiger partial charge on any atom is -0.350 e. The Bertz CT molecular complexity index is 1090. The highest BCUT2D eigenvalue weighted by atomic mass is 32.2. The van der Waals surface area contributed by atoms with Crippen molar-refractivity contribution in [3.8, 4) is 5.69 Å². The first-order chi connectivity index (χ1) is 13.7. The Morgan fingerprint density at radius 2 is 1.86 bits per heavy atom. The first kappa shape index (κ1) is 20.6. The lowest BCUT2D eigenvalue weighted by atomic mass is 10.1. The van der Waals surface area contributed by atoms with E-state index in [2.05, 4.69) is 10.3 Å². The monoisotopic (exact) mass is 412 g/mol. The van der Waals surface area contributed by atoms with Crippen molar-refractivity contribution in [2.24, 2.45) is 0 Å². The van der Waals surface area contributed by atoms with Crippen LogP contribution in [0.4, 0.5) is 5.69 Å². The molecule has 0 radical (unpaired) electrons. The van der Waals surface area contributed by atoms with Gasteiger partial charge in [-0.05, 0) is 43.2 Å². The molecule has 0 aliphatic rings. The van der Waals surface area contributed by atoms with E-state index in [0.29, 0.717) is 12.2 Å². The third-order valence-corrected chi connectivity index (χ3v) is 5.66. The zero-order valence-electron chi connectivity index (χ0n) is 16.7. The zero-order valence-corrected chi connectivity index (χ0v) is 17.5. The fourth-order valence-electron chi connectivity index (χ4n) is 3.05. The summed E-state index contributed by atoms with van der Waals surface area (Å²) < 4.78 is 27.6. The van der Waals surface area contributed by atoms with E-state index in [1.165, 1.54) is 0 Å². The summed E-state index contributed by atoms with van der Waals surface area (Å²) >= 11 is 0. The van der Waals surface area contributed by atoms with Crippen molar-refractivity contribution in [3.63, 3.8) is 0 Å². The molecule has 0 bridgehead atoms. The van der Waals surface area contributed by atoms with Crippen LogP contribution in [-0.4, -0.2) is 36.7 Å². The molecule has 0 atom stereocenters. The predicted molar refractivity (Wildman–Crippen MR) is 114 cm³/mol. The van der Waals surface area contributed by atoms with Crippen molar-refractivity contribution in [1.82, 2.24) is 14.9 Å². The van der Waals surface area contributed by atoms with E-state index in [9.17, 15) is 13.2 Å². The maximum Gasteiger partial charge on any atom is 0.241 e. The highest BCUT2D eigenvalue weighted by Crippen LogP contribution is 2.23. The minimum absolute atomic E-state index is 0.268. The van der Waals surface area contributed by atoms with E-state index < -0.39 is 10.0 Å². The molecule has 1 heterocycles. The maximum absolute atomic E-state index is 12.4. The molecule has 0 fully saturated rings. The highest BCUT2D eigenvalue weighted by Gasteiger charge is 2.22. The van der Waals surface area contributed by atoms with E-state index in [4.69, 9.17) is 0 Å². The predicted octanol–water partition coefficient (Wildman–Crippen LogP) is 2.57. The Morgan fingerprint density at radius 3 is 2.45 bits per heavy atom. The van der Waals surface area contributed by atoms with Gasteiger partial charge < -0.3 is 9.88 Å². The average Bonchev–Trinajstić information content (AvgIpc) is 3.19. The Kier molecular flexibility index (Phi) is 6.03. The first-order valence-electron chi connectivity index (χ1n) is 9.13. The van der Waals surface area contributed by atoms with Gasteiger partial charge in [-0.2, -0.15) is 0 Å². The second-order valence-electron chi connectivity index (χ2n) is 6.97. The number of nitrogens with one attached hydrogen (secondary N) is 1. The van der Waals surface area contributed by atoms with Gasteiger partial charge in [0.1, 0.15) is 6.54 Å². The molecule has 0 spiro atoms. The minimum atomic E-state index is -3.60. The number of nitrogens with zero attached hydrogens (tertiary/aromatic N) is 3. The van der Waals surface area contributed by atoms with E-state index in [0.717, 1.165) is 32.9 Å². The van der Waals surface area contributed by atoms with Crippen molar-refractivity contribution >= 4 is 21.6 Å². The van der Waals surface area contributed by atoms with Crippen LogP contribution in [0, 0.1) is 13.8 Å². The van der Waals surface area contributed by atoms with Crippen LogP contribution in [0.2, 0.25) is 0 Å². The summed E-state index contributed by atoms with van der Waals surface area (Å²) in [7, 11) is -3.60. The molecule has 0 saturated heterocycles. The van der Waals surface area contributed by atoms with Crippen molar-refractivity contribution < 1.29 is 13.2 Å². The Hall–Kier alpha value is -3.13.